The molecule has 4 aliphatic rings. The van der Waals surface area contributed by atoms with Gasteiger partial charge in [0.2, 0.25) is 17.7 Å². The van der Waals surface area contributed by atoms with E-state index < -0.39 is 47.7 Å². The maximum absolute atomic E-state index is 14.4. The molecule has 0 saturated carbocycles. The summed E-state index contributed by atoms with van der Waals surface area (Å²) < 4.78 is 17.7. The van der Waals surface area contributed by atoms with Gasteiger partial charge in [-0.2, -0.15) is 0 Å². The van der Waals surface area contributed by atoms with Crippen molar-refractivity contribution in [2.24, 2.45) is 11.8 Å². The van der Waals surface area contributed by atoms with Crippen molar-refractivity contribution in [1.29, 1.82) is 0 Å². The van der Waals surface area contributed by atoms with E-state index in [1.54, 1.807) is 24.0 Å². The summed E-state index contributed by atoms with van der Waals surface area (Å²) in [5.74, 6) is -3.13. The number of carbonyl (C=O) groups is 4. The molecule has 0 aromatic heterocycles. The third kappa shape index (κ3) is 6.82. The minimum Gasteiger partial charge on any atom is -0.460 e. The predicted octanol–water partition coefficient (Wildman–Crippen LogP) is 0.493. The molecule has 4 rings (SSSR count). The van der Waals surface area contributed by atoms with Crippen LogP contribution in [0.1, 0.15) is 46.0 Å². The Balaban J connectivity index is 1.55. The molecule has 7 atom stereocenters. The first-order valence-electron chi connectivity index (χ1n) is 15.6. The smallest absolute Gasteiger partial charge is 0.312 e. The molecule has 1 spiro atoms. The van der Waals surface area contributed by atoms with E-state index in [9.17, 15) is 24.3 Å². The predicted molar refractivity (Wildman–Crippen MR) is 158 cm³/mol. The summed E-state index contributed by atoms with van der Waals surface area (Å²) in [5, 5.41) is 13.0. The number of rotatable bonds is 16. The Hall–Kier alpha value is -2.80. The Morgan fingerprint density at radius 3 is 2.65 bits per heavy atom. The zero-order chi connectivity index (χ0) is 31.1. The van der Waals surface area contributed by atoms with Crippen molar-refractivity contribution < 1.29 is 38.5 Å². The van der Waals surface area contributed by atoms with Gasteiger partial charge in [0.05, 0.1) is 50.3 Å². The summed E-state index contributed by atoms with van der Waals surface area (Å²) in [5.41, 5.74) is -1.19. The van der Waals surface area contributed by atoms with E-state index in [1.165, 1.54) is 4.90 Å². The molecule has 0 aromatic rings. The van der Waals surface area contributed by atoms with Gasteiger partial charge in [-0.3, -0.25) is 24.1 Å². The Morgan fingerprint density at radius 2 is 2.00 bits per heavy atom. The van der Waals surface area contributed by atoms with Crippen molar-refractivity contribution in [3.63, 3.8) is 0 Å². The summed E-state index contributed by atoms with van der Waals surface area (Å²) in [6, 6.07) is -1.58. The molecular weight excluding hydrogens is 556 g/mol. The quantitative estimate of drug-likeness (QED) is 0.191. The number of carbonyl (C=O) groups excluding carboxylic acids is 4. The van der Waals surface area contributed by atoms with E-state index in [0.29, 0.717) is 65.0 Å². The Morgan fingerprint density at radius 1 is 1.26 bits per heavy atom. The van der Waals surface area contributed by atoms with Crippen LogP contribution in [-0.4, -0.2) is 132 Å². The summed E-state index contributed by atoms with van der Waals surface area (Å²) in [4.78, 5) is 59.6. The van der Waals surface area contributed by atoms with E-state index in [0.717, 1.165) is 13.1 Å². The monoisotopic (exact) mass is 604 g/mol. The zero-order valence-corrected chi connectivity index (χ0v) is 25.6. The molecule has 4 heterocycles. The van der Waals surface area contributed by atoms with Gasteiger partial charge in [0, 0.05) is 39.1 Å². The molecule has 0 radical (unpaired) electrons. The molecule has 0 aliphatic carbocycles. The number of esters is 1. The highest BCUT2D eigenvalue weighted by atomic mass is 16.6. The fraction of sp³-hybridized carbons (Fsp3) is 0.742. The Bertz CT molecular complexity index is 1040. The number of aliphatic hydroxyl groups is 1. The summed E-state index contributed by atoms with van der Waals surface area (Å²) in [6.45, 7) is 15.1. The first-order valence-corrected chi connectivity index (χ1v) is 15.6. The zero-order valence-electron chi connectivity index (χ0n) is 25.6. The molecule has 4 fully saturated rings. The normalized spacial score (nSPS) is 29.6. The number of morpholine rings is 1. The number of fused-ring (bicyclic) bond motifs is 1. The average molecular weight is 605 g/mol. The maximum atomic E-state index is 14.4. The van der Waals surface area contributed by atoms with Gasteiger partial charge in [-0.25, -0.2) is 0 Å². The van der Waals surface area contributed by atoms with Gasteiger partial charge in [0.1, 0.15) is 17.7 Å². The van der Waals surface area contributed by atoms with Crippen LogP contribution in [0.25, 0.3) is 0 Å². The van der Waals surface area contributed by atoms with Crippen LogP contribution in [0.15, 0.2) is 25.3 Å². The average Bonchev–Trinajstić information content (AvgIpc) is 3.65. The Labute approximate surface area is 254 Å². The lowest BCUT2D eigenvalue weighted by Crippen LogP contribution is -2.59. The number of aliphatic hydroxyl groups excluding tert-OH is 1. The van der Waals surface area contributed by atoms with Gasteiger partial charge in [0.25, 0.3) is 0 Å². The summed E-state index contributed by atoms with van der Waals surface area (Å²) in [7, 11) is 0. The highest BCUT2D eigenvalue weighted by Crippen LogP contribution is 2.59. The fourth-order valence-corrected chi connectivity index (χ4v) is 7.05. The molecule has 0 unspecified atom stereocenters. The molecule has 43 heavy (non-hydrogen) atoms. The molecule has 0 aromatic carbocycles. The van der Waals surface area contributed by atoms with Gasteiger partial charge >= 0.3 is 5.97 Å². The van der Waals surface area contributed by atoms with Crippen LogP contribution < -0.4 is 5.32 Å². The van der Waals surface area contributed by atoms with E-state index in [2.05, 4.69) is 23.4 Å². The molecule has 2 bridgehead atoms. The van der Waals surface area contributed by atoms with Crippen molar-refractivity contribution in [3.05, 3.63) is 25.3 Å². The van der Waals surface area contributed by atoms with Crippen molar-refractivity contribution in [2.75, 3.05) is 59.1 Å². The van der Waals surface area contributed by atoms with Crippen LogP contribution >= 0.6 is 0 Å². The van der Waals surface area contributed by atoms with E-state index >= 15 is 0 Å². The number of hydrogen-bond donors (Lipinski definition) is 2. The number of hydrogen-bond acceptors (Lipinski definition) is 9. The lowest BCUT2D eigenvalue weighted by Gasteiger charge is -2.39. The molecule has 4 saturated heterocycles. The summed E-state index contributed by atoms with van der Waals surface area (Å²) >= 11 is 0. The van der Waals surface area contributed by atoms with Crippen LogP contribution in [0, 0.1) is 11.8 Å². The molecule has 12 heteroatoms. The first-order chi connectivity index (χ1) is 20.7. The van der Waals surface area contributed by atoms with Gasteiger partial charge in [-0.15, -0.1) is 13.2 Å². The van der Waals surface area contributed by atoms with Crippen molar-refractivity contribution in [3.8, 4) is 0 Å². The minimum absolute atomic E-state index is 0.138. The molecule has 12 nitrogen and oxygen atoms in total. The molecular formula is C31H48N4O8. The first kappa shape index (κ1) is 33.1. The fourth-order valence-electron chi connectivity index (χ4n) is 7.05. The Kier molecular flexibility index (Phi) is 11.4. The number of likely N-dealkylation sites (tertiary alicyclic amines) is 1. The highest BCUT2D eigenvalue weighted by molar-refractivity contribution is 5.98. The second kappa shape index (κ2) is 14.8. The second-order valence-electron chi connectivity index (χ2n) is 12.0. The lowest BCUT2D eigenvalue weighted by atomic mass is 9.70. The van der Waals surface area contributed by atoms with Gasteiger partial charge in [-0.1, -0.05) is 19.1 Å². The van der Waals surface area contributed by atoms with Crippen molar-refractivity contribution in [1.82, 2.24) is 20.0 Å². The number of ether oxygens (including phenoxy) is 3. The minimum atomic E-state index is -1.19. The van der Waals surface area contributed by atoms with Crippen LogP contribution in [0.5, 0.6) is 0 Å². The lowest BCUT2D eigenvalue weighted by molar-refractivity contribution is -0.160. The maximum Gasteiger partial charge on any atom is 0.312 e. The van der Waals surface area contributed by atoms with Gasteiger partial charge in [0.15, 0.2) is 0 Å². The number of amides is 3. The second-order valence-corrected chi connectivity index (χ2v) is 12.0. The highest BCUT2D eigenvalue weighted by Gasteiger charge is 2.75. The van der Waals surface area contributed by atoms with Gasteiger partial charge < -0.3 is 34.4 Å². The van der Waals surface area contributed by atoms with E-state index in [4.69, 9.17) is 14.2 Å². The molecule has 240 valence electrons. The topological polar surface area (TPSA) is 138 Å². The van der Waals surface area contributed by atoms with Crippen molar-refractivity contribution in [2.45, 2.75) is 75.8 Å². The van der Waals surface area contributed by atoms with Crippen LogP contribution in [-0.2, 0) is 33.4 Å². The third-order valence-corrected chi connectivity index (χ3v) is 9.25. The largest absolute Gasteiger partial charge is 0.460 e. The molecule has 2 N–H and O–H groups in total. The summed E-state index contributed by atoms with van der Waals surface area (Å²) in [6.07, 6.45) is 4.40. The van der Waals surface area contributed by atoms with Crippen LogP contribution in [0.3, 0.4) is 0 Å². The molecule has 4 aliphatic heterocycles. The van der Waals surface area contributed by atoms with Gasteiger partial charge in [-0.05, 0) is 32.6 Å². The molecule has 3 amide bonds. The number of nitrogens with zero attached hydrogens (tertiary/aromatic N) is 3. The third-order valence-electron chi connectivity index (χ3n) is 9.25. The number of allylic oxidation sites excluding steroid dienone is 1. The van der Waals surface area contributed by atoms with E-state index in [1.807, 2.05) is 6.92 Å². The SMILES string of the molecule is C=CCCC(=O)NC[C@H](C)OC(=O)[C@@H]1[C@@H]2CC[C@]3(O2)[C@H](C(=O)N(CC=C)CCN2CCOCC2)N([C@@H](CC)CO)C(=O)[C@@H]13. The number of nitrogens with one attached hydrogen (secondary N) is 1. The standard InChI is InChI=1S/C31H48N4O8/c1-5-8-9-24(37)32-19-21(4)42-30(40)25-23-10-11-31(43-23)26(25)28(38)35(22(7-3)20-36)27(31)29(39)34(12-6-2)14-13-33-15-17-41-18-16-33/h5-6,21-23,25-27,36H,1-2,7-20H2,3-4H3,(H,32,37)/t21-,22-,23-,25+,26+,27-,31+/m0/s1. The van der Waals surface area contributed by atoms with Crippen molar-refractivity contribution >= 4 is 23.7 Å². The van der Waals surface area contributed by atoms with E-state index in [-0.39, 0.29) is 30.9 Å². The van der Waals surface area contributed by atoms with Crippen LogP contribution in [0.4, 0.5) is 0 Å². The van der Waals surface area contributed by atoms with Crippen LogP contribution in [0.2, 0.25) is 0 Å².